The highest BCUT2D eigenvalue weighted by Crippen LogP contribution is 2.22. The number of aryl methyl sites for hydroxylation is 1. The van der Waals surface area contributed by atoms with Crippen LogP contribution in [0.1, 0.15) is 31.2 Å². The van der Waals surface area contributed by atoms with Gasteiger partial charge in [-0.2, -0.15) is 0 Å². The molecule has 1 aromatic rings. The van der Waals surface area contributed by atoms with E-state index in [1.165, 1.54) is 12.8 Å². The van der Waals surface area contributed by atoms with Gasteiger partial charge in [-0.3, -0.25) is 9.88 Å². The molecule has 0 radical (unpaired) electrons. The number of hydrogen-bond acceptors (Lipinski definition) is 4. The summed E-state index contributed by atoms with van der Waals surface area (Å²) in [6.07, 6.45) is 2.35. The fraction of sp³-hybridized carbons (Fsp3) is 0.667. The third-order valence-corrected chi connectivity index (χ3v) is 3.73. The molecule has 1 aliphatic heterocycles. The molecule has 2 rings (SSSR count). The molecule has 19 heavy (non-hydrogen) atoms. The van der Waals surface area contributed by atoms with E-state index in [9.17, 15) is 5.11 Å². The molecule has 0 spiro atoms. The summed E-state index contributed by atoms with van der Waals surface area (Å²) in [6.45, 7) is 8.56. The van der Waals surface area contributed by atoms with Gasteiger partial charge in [-0.05, 0) is 57.8 Å². The zero-order chi connectivity index (χ0) is 13.7. The summed E-state index contributed by atoms with van der Waals surface area (Å²) in [6, 6.07) is 3.58. The topological polar surface area (TPSA) is 45.6 Å². The van der Waals surface area contributed by atoms with Crippen molar-refractivity contribution in [3.05, 3.63) is 23.5 Å². The number of ether oxygens (including phenoxy) is 1. The molecule has 0 bridgehead atoms. The Morgan fingerprint density at radius 2 is 2.11 bits per heavy atom. The highest BCUT2D eigenvalue weighted by atomic mass is 16.5. The van der Waals surface area contributed by atoms with Crippen molar-refractivity contribution >= 4 is 0 Å². The van der Waals surface area contributed by atoms with E-state index < -0.39 is 0 Å². The first-order valence-electron chi connectivity index (χ1n) is 7.14. The van der Waals surface area contributed by atoms with E-state index in [2.05, 4.69) is 9.88 Å². The summed E-state index contributed by atoms with van der Waals surface area (Å²) in [5, 5.41) is 9.82. The van der Waals surface area contributed by atoms with Crippen molar-refractivity contribution in [2.75, 3.05) is 26.3 Å². The summed E-state index contributed by atoms with van der Waals surface area (Å²) in [5.74, 6) is 0.998. The Hall–Kier alpha value is -1.13. The van der Waals surface area contributed by atoms with Crippen molar-refractivity contribution in [2.24, 2.45) is 5.92 Å². The maximum atomic E-state index is 9.82. The van der Waals surface area contributed by atoms with Crippen molar-refractivity contribution < 1.29 is 9.84 Å². The van der Waals surface area contributed by atoms with Gasteiger partial charge in [0, 0.05) is 25.5 Å². The van der Waals surface area contributed by atoms with E-state index in [0.717, 1.165) is 44.2 Å². The van der Waals surface area contributed by atoms with Crippen LogP contribution in [0.15, 0.2) is 12.1 Å². The number of nitrogens with zero attached hydrogens (tertiary/aromatic N) is 2. The summed E-state index contributed by atoms with van der Waals surface area (Å²) < 4.78 is 5.49. The fourth-order valence-electron chi connectivity index (χ4n) is 2.53. The van der Waals surface area contributed by atoms with Crippen molar-refractivity contribution in [1.29, 1.82) is 0 Å². The van der Waals surface area contributed by atoms with Gasteiger partial charge in [0.2, 0.25) is 0 Å². The van der Waals surface area contributed by atoms with E-state index in [4.69, 9.17) is 4.74 Å². The molecule has 4 nitrogen and oxygen atoms in total. The molecule has 2 heterocycles. The molecule has 1 N–H and O–H groups in total. The highest BCUT2D eigenvalue weighted by Gasteiger charge is 2.20. The number of aromatic hydroxyl groups is 1. The van der Waals surface area contributed by atoms with Crippen molar-refractivity contribution in [1.82, 2.24) is 9.88 Å². The number of rotatable bonds is 5. The number of likely N-dealkylation sites (tertiary alicyclic amines) is 1. The van der Waals surface area contributed by atoms with Crippen molar-refractivity contribution in [3.8, 4) is 5.75 Å². The maximum Gasteiger partial charge on any atom is 0.138 e. The lowest BCUT2D eigenvalue weighted by Crippen LogP contribution is -2.34. The lowest BCUT2D eigenvalue weighted by molar-refractivity contribution is 0.0718. The Kier molecular flexibility index (Phi) is 5.16. The number of hydrogen-bond donors (Lipinski definition) is 1. The van der Waals surface area contributed by atoms with Gasteiger partial charge >= 0.3 is 0 Å². The van der Waals surface area contributed by atoms with Crippen LogP contribution in [0.5, 0.6) is 5.75 Å². The van der Waals surface area contributed by atoms with Gasteiger partial charge < -0.3 is 9.84 Å². The summed E-state index contributed by atoms with van der Waals surface area (Å²) in [7, 11) is 0. The second-order valence-corrected chi connectivity index (χ2v) is 5.30. The maximum absolute atomic E-state index is 9.82. The third-order valence-electron chi connectivity index (χ3n) is 3.73. The molecule has 1 saturated heterocycles. The molecule has 1 aliphatic rings. The average molecular weight is 264 g/mol. The average Bonchev–Trinajstić information content (AvgIpc) is 2.42. The minimum absolute atomic E-state index is 0.307. The van der Waals surface area contributed by atoms with Crippen LogP contribution in [0.25, 0.3) is 0 Å². The largest absolute Gasteiger partial charge is 0.506 e. The van der Waals surface area contributed by atoms with E-state index in [1.54, 1.807) is 6.07 Å². The van der Waals surface area contributed by atoms with Crippen LogP contribution in [0.4, 0.5) is 0 Å². The zero-order valence-corrected chi connectivity index (χ0v) is 11.9. The molecule has 0 aliphatic carbocycles. The van der Waals surface area contributed by atoms with Gasteiger partial charge in [-0.1, -0.05) is 0 Å². The highest BCUT2D eigenvalue weighted by molar-refractivity contribution is 5.27. The minimum Gasteiger partial charge on any atom is -0.506 e. The summed E-state index contributed by atoms with van der Waals surface area (Å²) >= 11 is 0. The van der Waals surface area contributed by atoms with Gasteiger partial charge in [-0.25, -0.2) is 0 Å². The molecule has 1 aromatic heterocycles. The first-order chi connectivity index (χ1) is 9.19. The van der Waals surface area contributed by atoms with Crippen LogP contribution in [-0.2, 0) is 11.3 Å². The number of pyridine rings is 1. The van der Waals surface area contributed by atoms with Gasteiger partial charge in [0.05, 0.1) is 5.69 Å². The molecular weight excluding hydrogens is 240 g/mol. The number of aromatic nitrogens is 1. The fourth-order valence-corrected chi connectivity index (χ4v) is 2.53. The van der Waals surface area contributed by atoms with Gasteiger partial charge in [0.1, 0.15) is 5.75 Å². The normalized spacial score (nSPS) is 17.8. The van der Waals surface area contributed by atoms with E-state index in [1.807, 2.05) is 19.9 Å². The predicted molar refractivity (Wildman–Crippen MR) is 75.1 cm³/mol. The first kappa shape index (κ1) is 14.3. The van der Waals surface area contributed by atoms with E-state index >= 15 is 0 Å². The van der Waals surface area contributed by atoms with E-state index in [0.29, 0.717) is 11.7 Å². The first-order valence-corrected chi connectivity index (χ1v) is 7.14. The van der Waals surface area contributed by atoms with Crippen LogP contribution in [0, 0.1) is 12.8 Å². The second kappa shape index (κ2) is 6.87. The molecular formula is C15H24N2O2. The Morgan fingerprint density at radius 1 is 1.37 bits per heavy atom. The van der Waals surface area contributed by atoms with Gasteiger partial charge in [0.15, 0.2) is 0 Å². The smallest absolute Gasteiger partial charge is 0.138 e. The van der Waals surface area contributed by atoms with Gasteiger partial charge in [-0.15, -0.1) is 0 Å². The molecule has 0 aromatic carbocycles. The predicted octanol–water partition coefficient (Wildman–Crippen LogP) is 2.34. The molecule has 106 valence electrons. The Labute approximate surface area is 115 Å². The van der Waals surface area contributed by atoms with Crippen LogP contribution in [0.2, 0.25) is 0 Å². The Bertz CT molecular complexity index is 401. The Balaban J connectivity index is 1.83. The van der Waals surface area contributed by atoms with E-state index in [-0.39, 0.29) is 0 Å². The van der Waals surface area contributed by atoms with Crippen molar-refractivity contribution in [2.45, 2.75) is 33.2 Å². The Morgan fingerprint density at radius 3 is 2.79 bits per heavy atom. The molecule has 0 unspecified atom stereocenters. The lowest BCUT2D eigenvalue weighted by Gasteiger charge is -2.31. The van der Waals surface area contributed by atoms with Crippen LogP contribution < -0.4 is 0 Å². The minimum atomic E-state index is 0.307. The molecule has 1 fully saturated rings. The van der Waals surface area contributed by atoms with Gasteiger partial charge in [0.25, 0.3) is 0 Å². The second-order valence-electron chi connectivity index (χ2n) is 5.30. The molecule has 0 saturated carbocycles. The van der Waals surface area contributed by atoms with Crippen molar-refractivity contribution in [3.63, 3.8) is 0 Å². The molecule has 0 atom stereocenters. The number of piperidine rings is 1. The van der Waals surface area contributed by atoms with Crippen LogP contribution in [-0.4, -0.2) is 41.3 Å². The van der Waals surface area contributed by atoms with Crippen LogP contribution in [0.3, 0.4) is 0 Å². The summed E-state index contributed by atoms with van der Waals surface area (Å²) in [5.41, 5.74) is 1.75. The lowest BCUT2D eigenvalue weighted by atomic mass is 9.97. The monoisotopic (exact) mass is 264 g/mol. The van der Waals surface area contributed by atoms with Crippen LogP contribution >= 0.6 is 0 Å². The SMILES string of the molecule is CCOCC1CCN(Cc2nc(C)ccc2O)CC1. The molecule has 4 heteroatoms. The third kappa shape index (κ3) is 4.18. The summed E-state index contributed by atoms with van der Waals surface area (Å²) in [4.78, 5) is 6.78. The zero-order valence-electron chi connectivity index (χ0n) is 11.9. The molecule has 0 amide bonds. The quantitative estimate of drug-likeness (QED) is 0.886. The standard InChI is InChI=1S/C15H24N2O2/c1-3-19-11-13-6-8-17(9-7-13)10-14-15(18)5-4-12(2)16-14/h4-5,13,18H,3,6-11H2,1-2H3.